The number of rotatable bonds is 4. The summed E-state index contributed by atoms with van der Waals surface area (Å²) in [6.45, 7) is 0.243. The van der Waals surface area contributed by atoms with Gasteiger partial charge in [-0.05, 0) is 47.4 Å². The molecule has 0 aliphatic rings. The zero-order valence-corrected chi connectivity index (χ0v) is 11.5. The van der Waals surface area contributed by atoms with Crippen molar-refractivity contribution in [3.8, 4) is 5.75 Å². The smallest absolute Gasteiger partial charge is 0.411 e. The number of anilines is 1. The summed E-state index contributed by atoms with van der Waals surface area (Å²) in [4.78, 5) is 15.0. The van der Waals surface area contributed by atoms with E-state index in [4.69, 9.17) is 16.3 Å². The molecule has 1 N–H and O–H groups in total. The third kappa shape index (κ3) is 4.08. The van der Waals surface area contributed by atoms with Gasteiger partial charge in [0.2, 0.25) is 4.47 Å². The van der Waals surface area contributed by atoms with E-state index in [1.807, 2.05) is 0 Å². The number of hydrogen-bond acceptors (Lipinski definition) is 6. The Labute approximate surface area is 118 Å². The number of carbonyl (C=O) groups excluding carboxylic acids is 1. The van der Waals surface area contributed by atoms with Crippen LogP contribution < -0.4 is 10.1 Å². The molecule has 2 aromatic rings. The highest BCUT2D eigenvalue weighted by molar-refractivity contribution is 7.10. The van der Waals surface area contributed by atoms with Crippen molar-refractivity contribution >= 4 is 34.9 Å². The van der Waals surface area contributed by atoms with Crippen molar-refractivity contribution < 1.29 is 14.3 Å². The molecule has 2 rings (SSSR count). The number of aromatic nitrogens is 2. The van der Waals surface area contributed by atoms with E-state index in [0.29, 0.717) is 21.7 Å². The van der Waals surface area contributed by atoms with E-state index in [1.54, 1.807) is 24.3 Å². The topological polar surface area (TPSA) is 73.3 Å². The molecule has 0 bridgehead atoms. The minimum absolute atomic E-state index is 0.243. The summed E-state index contributed by atoms with van der Waals surface area (Å²) >= 11 is 6.78. The number of halogens is 1. The number of hydrogen-bond donors (Lipinski definition) is 1. The number of benzene rings is 1. The second kappa shape index (κ2) is 6.35. The molecule has 0 radical (unpaired) electrons. The van der Waals surface area contributed by atoms with E-state index < -0.39 is 6.09 Å². The Kier molecular flexibility index (Phi) is 4.53. The number of methoxy groups -OCH3 is 1. The van der Waals surface area contributed by atoms with Gasteiger partial charge in [-0.3, -0.25) is 5.32 Å². The van der Waals surface area contributed by atoms with Crippen LogP contribution in [0, 0.1) is 0 Å². The van der Waals surface area contributed by atoms with Crippen LogP contribution in [0.3, 0.4) is 0 Å². The van der Waals surface area contributed by atoms with Crippen LogP contribution in [-0.2, 0) is 11.3 Å². The van der Waals surface area contributed by atoms with Crippen LogP contribution >= 0.6 is 23.1 Å². The Hall–Kier alpha value is -1.86. The minimum atomic E-state index is -0.519. The van der Waals surface area contributed by atoms with Crippen LogP contribution in [0.2, 0.25) is 4.47 Å². The van der Waals surface area contributed by atoms with Gasteiger partial charge in [-0.25, -0.2) is 9.78 Å². The zero-order chi connectivity index (χ0) is 13.7. The first-order chi connectivity index (χ1) is 9.17. The molecule has 0 spiro atoms. The van der Waals surface area contributed by atoms with Gasteiger partial charge in [-0.1, -0.05) is 0 Å². The van der Waals surface area contributed by atoms with Crippen molar-refractivity contribution in [1.29, 1.82) is 0 Å². The molecule has 8 heteroatoms. The molecule has 0 fully saturated rings. The number of carbonyl (C=O) groups is 1. The normalized spacial score (nSPS) is 10.0. The number of ether oxygens (including phenoxy) is 2. The predicted molar refractivity (Wildman–Crippen MR) is 71.7 cm³/mol. The molecular formula is C11H10ClN3O3S. The highest BCUT2D eigenvalue weighted by Gasteiger charge is 2.04. The second-order valence-corrected chi connectivity index (χ2v) is 4.73. The molecule has 19 heavy (non-hydrogen) atoms. The van der Waals surface area contributed by atoms with Crippen molar-refractivity contribution in [2.24, 2.45) is 0 Å². The average molecular weight is 300 g/mol. The van der Waals surface area contributed by atoms with E-state index in [0.717, 1.165) is 11.5 Å². The minimum Gasteiger partial charge on any atom is -0.486 e. The fourth-order valence-corrected chi connectivity index (χ4v) is 1.86. The molecule has 0 saturated carbocycles. The summed E-state index contributed by atoms with van der Waals surface area (Å²) in [5.41, 5.74) is 0.619. The number of nitrogens with one attached hydrogen (secondary N) is 1. The van der Waals surface area contributed by atoms with Gasteiger partial charge >= 0.3 is 6.09 Å². The number of nitrogens with zero attached hydrogens (tertiary/aromatic N) is 2. The lowest BCUT2D eigenvalue weighted by Gasteiger charge is -2.06. The van der Waals surface area contributed by atoms with Gasteiger partial charge in [-0.15, -0.1) is 0 Å². The summed E-state index contributed by atoms with van der Waals surface area (Å²) < 4.78 is 14.3. The summed E-state index contributed by atoms with van der Waals surface area (Å²) in [5.74, 6) is 1.17. The first-order valence-corrected chi connectivity index (χ1v) is 6.38. The third-order valence-electron chi connectivity index (χ3n) is 2.10. The molecule has 1 aromatic carbocycles. The lowest BCUT2D eigenvalue weighted by Crippen LogP contribution is -2.10. The maximum absolute atomic E-state index is 11.0. The maximum Gasteiger partial charge on any atom is 0.411 e. The van der Waals surface area contributed by atoms with Gasteiger partial charge in [0.1, 0.15) is 12.4 Å². The van der Waals surface area contributed by atoms with E-state index >= 15 is 0 Å². The number of amides is 1. The molecule has 0 atom stereocenters. The van der Waals surface area contributed by atoms with Crippen LogP contribution in [-0.4, -0.2) is 22.6 Å². The van der Waals surface area contributed by atoms with Crippen LogP contribution in [0.5, 0.6) is 5.75 Å². The molecule has 0 saturated heterocycles. The molecule has 6 nitrogen and oxygen atoms in total. The molecule has 1 heterocycles. The zero-order valence-electron chi connectivity index (χ0n) is 9.92. The molecule has 0 unspecified atom stereocenters. The summed E-state index contributed by atoms with van der Waals surface area (Å²) in [6.07, 6.45) is -0.519. The third-order valence-corrected chi connectivity index (χ3v) is 2.93. The fraction of sp³-hybridized carbons (Fsp3) is 0.182. The molecule has 0 aliphatic carbocycles. The van der Waals surface area contributed by atoms with Crippen molar-refractivity contribution in [2.45, 2.75) is 6.61 Å². The lowest BCUT2D eigenvalue weighted by atomic mass is 10.3. The van der Waals surface area contributed by atoms with Crippen LogP contribution in [0.1, 0.15) is 5.82 Å². The first-order valence-electron chi connectivity index (χ1n) is 5.23. The first kappa shape index (κ1) is 13.6. The fourth-order valence-electron chi connectivity index (χ4n) is 1.24. The Bertz CT molecular complexity index is 559. The standard InChI is InChI=1S/C11H10ClN3O3S/c1-17-11(16)13-7-2-4-8(5-3-7)18-6-9-14-10(12)19-15-9/h2-5H,6H2,1H3,(H,13,16). The van der Waals surface area contributed by atoms with Gasteiger partial charge in [-0.2, -0.15) is 4.37 Å². The maximum atomic E-state index is 11.0. The van der Waals surface area contributed by atoms with Crippen LogP contribution in [0.15, 0.2) is 24.3 Å². The molecule has 1 aromatic heterocycles. The quantitative estimate of drug-likeness (QED) is 0.939. The van der Waals surface area contributed by atoms with E-state index in [-0.39, 0.29) is 6.61 Å². The summed E-state index contributed by atoms with van der Waals surface area (Å²) in [5, 5.41) is 2.54. The van der Waals surface area contributed by atoms with Crippen molar-refractivity contribution in [3.05, 3.63) is 34.6 Å². The van der Waals surface area contributed by atoms with Gasteiger partial charge in [0.15, 0.2) is 5.82 Å². The monoisotopic (exact) mass is 299 g/mol. The van der Waals surface area contributed by atoms with E-state index in [1.165, 1.54) is 7.11 Å². The van der Waals surface area contributed by atoms with Gasteiger partial charge < -0.3 is 9.47 Å². The molecular weight excluding hydrogens is 290 g/mol. The largest absolute Gasteiger partial charge is 0.486 e. The van der Waals surface area contributed by atoms with E-state index in [9.17, 15) is 4.79 Å². The SMILES string of the molecule is COC(=O)Nc1ccc(OCc2nsc(Cl)n2)cc1. The Balaban J connectivity index is 1.89. The summed E-state index contributed by atoms with van der Waals surface area (Å²) in [7, 11) is 1.30. The van der Waals surface area contributed by atoms with Crippen LogP contribution in [0.4, 0.5) is 10.5 Å². The Morgan fingerprint density at radius 3 is 2.74 bits per heavy atom. The Morgan fingerprint density at radius 2 is 2.16 bits per heavy atom. The average Bonchev–Trinajstić information content (AvgIpc) is 2.83. The highest BCUT2D eigenvalue weighted by atomic mass is 35.5. The van der Waals surface area contributed by atoms with Crippen molar-refractivity contribution in [2.75, 3.05) is 12.4 Å². The second-order valence-electron chi connectivity index (χ2n) is 3.39. The lowest BCUT2D eigenvalue weighted by molar-refractivity contribution is 0.187. The van der Waals surface area contributed by atoms with E-state index in [2.05, 4.69) is 19.4 Å². The van der Waals surface area contributed by atoms with Gasteiger partial charge in [0.25, 0.3) is 0 Å². The molecule has 0 aliphatic heterocycles. The highest BCUT2D eigenvalue weighted by Crippen LogP contribution is 2.17. The van der Waals surface area contributed by atoms with Crippen molar-refractivity contribution in [1.82, 2.24) is 9.36 Å². The predicted octanol–water partition coefficient (Wildman–Crippen LogP) is 2.95. The van der Waals surface area contributed by atoms with Crippen molar-refractivity contribution in [3.63, 3.8) is 0 Å². The molecule has 1 amide bonds. The Morgan fingerprint density at radius 1 is 1.42 bits per heavy atom. The van der Waals surface area contributed by atoms with Crippen LogP contribution in [0.25, 0.3) is 0 Å². The van der Waals surface area contributed by atoms with Gasteiger partial charge in [0.05, 0.1) is 7.11 Å². The summed E-state index contributed by atoms with van der Waals surface area (Å²) in [6, 6.07) is 6.85. The molecule has 100 valence electrons. The van der Waals surface area contributed by atoms with Gasteiger partial charge in [0, 0.05) is 5.69 Å².